The molecule has 1 heterocycles. The summed E-state index contributed by atoms with van der Waals surface area (Å²) in [6.45, 7) is 4.08. The van der Waals surface area contributed by atoms with Crippen LogP contribution in [0.4, 0.5) is 0 Å². The van der Waals surface area contributed by atoms with E-state index in [0.717, 1.165) is 32.6 Å². The molecule has 0 aliphatic rings. The zero-order valence-corrected chi connectivity index (χ0v) is 11.4. The van der Waals surface area contributed by atoms with Crippen molar-refractivity contribution in [3.8, 4) is 0 Å². The Morgan fingerprint density at radius 2 is 1.67 bits per heavy atom. The number of thiophene rings is 1. The molecule has 0 aliphatic carbocycles. The maximum Gasteiger partial charge on any atom is 0.0300 e. The monoisotopic (exact) mass is 260 g/mol. The highest BCUT2D eigenvalue weighted by Crippen LogP contribution is 2.06. The van der Waals surface area contributed by atoms with Crippen LogP contribution in [0.1, 0.15) is 10.4 Å². The van der Waals surface area contributed by atoms with Gasteiger partial charge in [-0.25, -0.2) is 0 Å². The van der Waals surface area contributed by atoms with Gasteiger partial charge in [-0.1, -0.05) is 36.4 Å². The van der Waals surface area contributed by atoms with E-state index in [1.54, 1.807) is 11.3 Å². The van der Waals surface area contributed by atoms with E-state index in [2.05, 4.69) is 58.5 Å². The Labute approximate surface area is 113 Å². The molecule has 0 unspecified atom stereocenters. The number of hydrogen-bond donors (Lipinski definition) is 2. The van der Waals surface area contributed by atoms with Gasteiger partial charge in [0.15, 0.2) is 0 Å². The fourth-order valence-electron chi connectivity index (χ4n) is 1.80. The fourth-order valence-corrected chi connectivity index (χ4v) is 2.48. The molecule has 3 heteroatoms. The molecule has 0 radical (unpaired) electrons. The van der Waals surface area contributed by atoms with Crippen molar-refractivity contribution in [3.63, 3.8) is 0 Å². The van der Waals surface area contributed by atoms with Crippen LogP contribution in [-0.4, -0.2) is 19.6 Å². The Morgan fingerprint density at radius 1 is 0.833 bits per heavy atom. The summed E-state index contributed by atoms with van der Waals surface area (Å²) in [5, 5.41) is 9.01. The second-order valence-corrected chi connectivity index (χ2v) is 5.27. The summed E-state index contributed by atoms with van der Waals surface area (Å²) in [6.07, 6.45) is 1.10. The number of hydrogen-bond acceptors (Lipinski definition) is 3. The van der Waals surface area contributed by atoms with Crippen LogP contribution < -0.4 is 10.6 Å². The van der Waals surface area contributed by atoms with E-state index in [9.17, 15) is 0 Å². The molecular weight excluding hydrogens is 240 g/mol. The molecular formula is C15H20N2S. The second kappa shape index (κ2) is 8.03. The first-order valence-corrected chi connectivity index (χ1v) is 7.31. The van der Waals surface area contributed by atoms with Gasteiger partial charge in [0.1, 0.15) is 0 Å². The minimum absolute atomic E-state index is 0.984. The Bertz CT molecular complexity index is 411. The molecule has 2 rings (SSSR count). The maximum atomic E-state index is 3.45. The van der Waals surface area contributed by atoms with Crippen LogP contribution >= 0.6 is 11.3 Å². The summed E-state index contributed by atoms with van der Waals surface area (Å²) < 4.78 is 0. The predicted molar refractivity (Wildman–Crippen MR) is 79.0 cm³/mol. The zero-order valence-electron chi connectivity index (χ0n) is 10.6. The van der Waals surface area contributed by atoms with Crippen LogP contribution in [0, 0.1) is 0 Å². The first-order chi connectivity index (χ1) is 8.95. The molecule has 2 N–H and O–H groups in total. The lowest BCUT2D eigenvalue weighted by molar-refractivity contribution is 0.614. The van der Waals surface area contributed by atoms with Gasteiger partial charge in [-0.05, 0) is 30.0 Å². The van der Waals surface area contributed by atoms with Crippen molar-refractivity contribution in [1.29, 1.82) is 0 Å². The number of nitrogens with one attached hydrogen (secondary N) is 2. The van der Waals surface area contributed by atoms with Gasteiger partial charge in [0.05, 0.1) is 0 Å². The summed E-state index contributed by atoms with van der Waals surface area (Å²) in [6, 6.07) is 14.9. The van der Waals surface area contributed by atoms with Gasteiger partial charge in [0.2, 0.25) is 0 Å². The Morgan fingerprint density at radius 3 is 2.44 bits per heavy atom. The molecule has 18 heavy (non-hydrogen) atoms. The fraction of sp³-hybridized carbons (Fsp3) is 0.333. The molecule has 0 amide bonds. The molecule has 0 spiro atoms. The van der Waals surface area contributed by atoms with Gasteiger partial charge < -0.3 is 10.6 Å². The smallest absolute Gasteiger partial charge is 0.0300 e. The van der Waals surface area contributed by atoms with E-state index in [-0.39, 0.29) is 0 Å². The van der Waals surface area contributed by atoms with Crippen molar-refractivity contribution in [1.82, 2.24) is 10.6 Å². The highest BCUT2D eigenvalue weighted by atomic mass is 32.1. The Hall–Kier alpha value is -1.16. The lowest BCUT2D eigenvalue weighted by Crippen LogP contribution is -2.28. The maximum absolute atomic E-state index is 3.45. The molecule has 2 nitrogen and oxygen atoms in total. The summed E-state index contributed by atoms with van der Waals surface area (Å²) in [5.74, 6) is 0. The average molecular weight is 260 g/mol. The average Bonchev–Trinajstić information content (AvgIpc) is 2.92. The molecule has 0 atom stereocenters. The van der Waals surface area contributed by atoms with Crippen molar-refractivity contribution in [2.24, 2.45) is 0 Å². The van der Waals surface area contributed by atoms with Crippen LogP contribution in [0.3, 0.4) is 0 Å². The summed E-state index contributed by atoms with van der Waals surface area (Å²) in [4.78, 5) is 1.40. The normalized spacial score (nSPS) is 10.7. The minimum atomic E-state index is 0.984. The van der Waals surface area contributed by atoms with E-state index in [0.29, 0.717) is 0 Å². The van der Waals surface area contributed by atoms with Crippen LogP contribution in [-0.2, 0) is 13.0 Å². The largest absolute Gasteiger partial charge is 0.315 e. The van der Waals surface area contributed by atoms with Gasteiger partial charge >= 0.3 is 0 Å². The molecule has 2 aromatic rings. The van der Waals surface area contributed by atoms with E-state index in [4.69, 9.17) is 0 Å². The predicted octanol–water partition coefficient (Wildman–Crippen LogP) is 2.67. The quantitative estimate of drug-likeness (QED) is 0.713. The molecule has 0 bridgehead atoms. The molecule has 1 aromatic carbocycles. The van der Waals surface area contributed by atoms with Crippen molar-refractivity contribution in [2.45, 2.75) is 13.0 Å². The number of rotatable bonds is 8. The van der Waals surface area contributed by atoms with Crippen LogP contribution in [0.25, 0.3) is 0 Å². The molecule has 0 fully saturated rings. The summed E-state index contributed by atoms with van der Waals surface area (Å²) in [7, 11) is 0. The third-order valence-electron chi connectivity index (χ3n) is 2.79. The van der Waals surface area contributed by atoms with E-state index in [1.807, 2.05) is 0 Å². The molecule has 0 saturated carbocycles. The van der Waals surface area contributed by atoms with Gasteiger partial charge in [-0.15, -0.1) is 11.3 Å². The highest BCUT2D eigenvalue weighted by Gasteiger charge is 1.93. The Kier molecular flexibility index (Phi) is 5.92. The van der Waals surface area contributed by atoms with Crippen molar-refractivity contribution < 1.29 is 0 Å². The summed E-state index contributed by atoms with van der Waals surface area (Å²) >= 11 is 1.81. The van der Waals surface area contributed by atoms with Crippen molar-refractivity contribution >= 4 is 11.3 Å². The SMILES string of the molecule is c1ccc(CCNCCNCc2cccs2)cc1. The van der Waals surface area contributed by atoms with Gasteiger partial charge in [0, 0.05) is 24.5 Å². The Balaban J connectivity index is 1.47. The molecule has 0 saturated heterocycles. The molecule has 0 aliphatic heterocycles. The van der Waals surface area contributed by atoms with E-state index in [1.165, 1.54) is 10.4 Å². The lowest BCUT2D eigenvalue weighted by Gasteiger charge is -2.06. The molecule has 96 valence electrons. The first-order valence-electron chi connectivity index (χ1n) is 6.43. The highest BCUT2D eigenvalue weighted by molar-refractivity contribution is 7.09. The standard InChI is InChI=1S/C15H20N2S/c1-2-5-14(6-3-1)8-9-16-10-11-17-13-15-7-4-12-18-15/h1-7,12,16-17H,8-11,13H2. The third-order valence-corrected chi connectivity index (χ3v) is 3.67. The van der Waals surface area contributed by atoms with Gasteiger partial charge in [0.25, 0.3) is 0 Å². The van der Waals surface area contributed by atoms with Crippen LogP contribution in [0.5, 0.6) is 0 Å². The summed E-state index contributed by atoms with van der Waals surface area (Å²) in [5.41, 5.74) is 1.40. The van der Waals surface area contributed by atoms with Crippen molar-refractivity contribution in [3.05, 3.63) is 58.3 Å². The third kappa shape index (κ3) is 5.00. The van der Waals surface area contributed by atoms with Gasteiger partial charge in [-0.3, -0.25) is 0 Å². The first kappa shape index (κ1) is 13.3. The van der Waals surface area contributed by atoms with Gasteiger partial charge in [-0.2, -0.15) is 0 Å². The van der Waals surface area contributed by atoms with Crippen LogP contribution in [0.2, 0.25) is 0 Å². The van der Waals surface area contributed by atoms with Crippen LogP contribution in [0.15, 0.2) is 47.8 Å². The lowest BCUT2D eigenvalue weighted by atomic mass is 10.1. The topological polar surface area (TPSA) is 24.1 Å². The van der Waals surface area contributed by atoms with E-state index >= 15 is 0 Å². The molecule has 1 aromatic heterocycles. The zero-order chi connectivity index (χ0) is 12.5. The van der Waals surface area contributed by atoms with Crippen molar-refractivity contribution in [2.75, 3.05) is 19.6 Å². The second-order valence-electron chi connectivity index (χ2n) is 4.24. The van der Waals surface area contributed by atoms with E-state index < -0.39 is 0 Å². The minimum Gasteiger partial charge on any atom is -0.315 e. The number of benzene rings is 1.